The van der Waals surface area contributed by atoms with Crippen molar-refractivity contribution in [3.8, 4) is 0 Å². The first-order valence-corrected chi connectivity index (χ1v) is 9.86. The quantitative estimate of drug-likeness (QED) is 0.877. The molecule has 0 spiro atoms. The number of rotatable bonds is 4. The van der Waals surface area contributed by atoms with Crippen LogP contribution < -0.4 is 5.32 Å². The van der Waals surface area contributed by atoms with Crippen LogP contribution in [0.3, 0.4) is 0 Å². The Morgan fingerprint density at radius 3 is 2.88 bits per heavy atom. The predicted octanol–water partition coefficient (Wildman–Crippen LogP) is 2.37. The Kier molecular flexibility index (Phi) is 7.84. The number of amides is 1. The molecule has 1 atom stereocenters. The topological polar surface area (TPSA) is 63.1 Å². The molecule has 0 aromatic carbocycles. The summed E-state index contributed by atoms with van der Waals surface area (Å²) in [6.07, 6.45) is 7.47. The maximum absolute atomic E-state index is 12.8. The van der Waals surface area contributed by atoms with E-state index in [0.717, 1.165) is 51.2 Å². The summed E-state index contributed by atoms with van der Waals surface area (Å²) in [7, 11) is 0. The van der Waals surface area contributed by atoms with Gasteiger partial charge in [0.05, 0.1) is 12.2 Å². The normalized spacial score (nSPS) is 22.7. The van der Waals surface area contributed by atoms with Gasteiger partial charge in [0.2, 0.25) is 0 Å². The fourth-order valence-corrected chi connectivity index (χ4v) is 4.54. The van der Waals surface area contributed by atoms with Crippen molar-refractivity contribution in [1.29, 1.82) is 0 Å². The summed E-state index contributed by atoms with van der Waals surface area (Å²) in [4.78, 5) is 14.8. The number of likely N-dealkylation sites (tertiary alicyclic amines) is 1. The molecule has 1 unspecified atom stereocenters. The van der Waals surface area contributed by atoms with Crippen LogP contribution in [0, 0.1) is 0 Å². The molecule has 1 N–H and O–H groups in total. The zero-order valence-corrected chi connectivity index (χ0v) is 15.9. The minimum absolute atomic E-state index is 0. The van der Waals surface area contributed by atoms with Crippen LogP contribution in [0.5, 0.6) is 0 Å². The van der Waals surface area contributed by atoms with Gasteiger partial charge >= 0.3 is 0 Å². The fraction of sp³-hybridized carbons (Fsp3) is 0.812. The smallest absolute Gasteiger partial charge is 0.276 e. The van der Waals surface area contributed by atoms with Gasteiger partial charge in [0.1, 0.15) is 0 Å². The maximum atomic E-state index is 12.8. The monoisotopic (exact) mass is 373 g/mol. The van der Waals surface area contributed by atoms with Crippen LogP contribution in [-0.2, 0) is 0 Å². The van der Waals surface area contributed by atoms with Crippen LogP contribution >= 0.6 is 24.2 Å². The lowest BCUT2D eigenvalue weighted by Gasteiger charge is -2.23. The first-order valence-electron chi connectivity index (χ1n) is 8.81. The third kappa shape index (κ3) is 4.86. The first kappa shape index (κ1) is 19.5. The Balaban J connectivity index is 0.00000208. The van der Waals surface area contributed by atoms with E-state index in [0.29, 0.717) is 17.0 Å². The van der Waals surface area contributed by atoms with Gasteiger partial charge in [-0.05, 0) is 44.5 Å². The molecule has 8 heteroatoms. The summed E-state index contributed by atoms with van der Waals surface area (Å²) in [5.74, 6) is 1.16. The van der Waals surface area contributed by atoms with E-state index < -0.39 is 0 Å². The zero-order valence-electron chi connectivity index (χ0n) is 14.3. The van der Waals surface area contributed by atoms with Gasteiger partial charge in [0.25, 0.3) is 5.91 Å². The maximum Gasteiger partial charge on any atom is 0.276 e. The molecule has 1 amide bonds. The van der Waals surface area contributed by atoms with Crippen LogP contribution in [0.15, 0.2) is 6.20 Å². The predicted molar refractivity (Wildman–Crippen MR) is 100 cm³/mol. The van der Waals surface area contributed by atoms with Crippen molar-refractivity contribution in [2.75, 3.05) is 31.9 Å². The summed E-state index contributed by atoms with van der Waals surface area (Å²) in [6, 6.07) is 0.373. The van der Waals surface area contributed by atoms with E-state index >= 15 is 0 Å². The molecule has 1 aromatic heterocycles. The number of hydrogen-bond donors (Lipinski definition) is 1. The second-order valence-electron chi connectivity index (χ2n) is 6.39. The molecular weight excluding hydrogens is 346 g/mol. The van der Waals surface area contributed by atoms with Gasteiger partial charge in [0, 0.05) is 18.3 Å². The molecular formula is C16H28ClN5OS. The van der Waals surface area contributed by atoms with Gasteiger partial charge < -0.3 is 10.2 Å². The van der Waals surface area contributed by atoms with Crippen LogP contribution in [-0.4, -0.2) is 63.0 Å². The number of carbonyl (C=O) groups excluding carboxylic acids is 1. The number of piperidine rings is 1. The largest absolute Gasteiger partial charge is 0.336 e. The van der Waals surface area contributed by atoms with Gasteiger partial charge in [0.15, 0.2) is 5.69 Å². The molecule has 2 aliphatic rings. The van der Waals surface area contributed by atoms with E-state index in [1.165, 1.54) is 12.8 Å². The van der Waals surface area contributed by atoms with Crippen molar-refractivity contribution in [3.05, 3.63) is 11.9 Å². The highest BCUT2D eigenvalue weighted by Gasteiger charge is 2.26. The molecule has 0 aliphatic carbocycles. The summed E-state index contributed by atoms with van der Waals surface area (Å²) in [6.45, 7) is 5.90. The first-order chi connectivity index (χ1) is 11.3. The molecule has 0 bridgehead atoms. The molecule has 0 radical (unpaired) electrons. The third-order valence-electron chi connectivity index (χ3n) is 4.73. The van der Waals surface area contributed by atoms with Crippen molar-refractivity contribution in [2.45, 2.75) is 50.3 Å². The van der Waals surface area contributed by atoms with Gasteiger partial charge in [-0.1, -0.05) is 18.6 Å². The molecule has 1 aromatic rings. The number of nitrogens with zero attached hydrogens (tertiary/aromatic N) is 4. The molecule has 6 nitrogen and oxygen atoms in total. The Labute approximate surface area is 154 Å². The van der Waals surface area contributed by atoms with E-state index in [2.05, 4.69) is 22.6 Å². The molecule has 3 heterocycles. The van der Waals surface area contributed by atoms with Gasteiger partial charge in [-0.3, -0.25) is 4.79 Å². The zero-order chi connectivity index (χ0) is 16.1. The lowest BCUT2D eigenvalue weighted by molar-refractivity contribution is 0.0757. The number of carbonyl (C=O) groups is 1. The standard InChI is InChI=1S/C16H27N5OS.ClH/c1-2-23-14-5-3-4-10-20(11-14)16(22)15-12-21(19-18-15)13-6-8-17-9-7-13;/h12-14,17H,2-11H2,1H3;1H. The van der Waals surface area contributed by atoms with Crippen LogP contribution in [0.4, 0.5) is 0 Å². The molecule has 3 rings (SSSR count). The van der Waals surface area contributed by atoms with Crippen molar-refractivity contribution in [3.63, 3.8) is 0 Å². The van der Waals surface area contributed by atoms with Crippen LogP contribution in [0.2, 0.25) is 0 Å². The average molecular weight is 374 g/mol. The van der Waals surface area contributed by atoms with E-state index in [1.807, 2.05) is 27.5 Å². The van der Waals surface area contributed by atoms with Gasteiger partial charge in [-0.2, -0.15) is 11.8 Å². The Morgan fingerprint density at radius 1 is 1.33 bits per heavy atom. The summed E-state index contributed by atoms with van der Waals surface area (Å²) in [5, 5.41) is 12.3. The van der Waals surface area contributed by atoms with E-state index in [9.17, 15) is 4.79 Å². The van der Waals surface area contributed by atoms with E-state index in [-0.39, 0.29) is 18.3 Å². The minimum atomic E-state index is 0. The average Bonchev–Trinajstić information content (AvgIpc) is 2.96. The number of thioether (sulfide) groups is 1. The number of aromatic nitrogens is 3. The van der Waals surface area contributed by atoms with Crippen molar-refractivity contribution >= 4 is 30.1 Å². The summed E-state index contributed by atoms with van der Waals surface area (Å²) in [5.41, 5.74) is 0.505. The summed E-state index contributed by atoms with van der Waals surface area (Å²) < 4.78 is 1.89. The Bertz CT molecular complexity index is 520. The van der Waals surface area contributed by atoms with Gasteiger partial charge in [-0.15, -0.1) is 17.5 Å². The van der Waals surface area contributed by atoms with Crippen LogP contribution in [0.25, 0.3) is 0 Å². The molecule has 2 aliphatic heterocycles. The highest BCUT2D eigenvalue weighted by molar-refractivity contribution is 7.99. The summed E-state index contributed by atoms with van der Waals surface area (Å²) >= 11 is 1.97. The highest BCUT2D eigenvalue weighted by atomic mass is 35.5. The van der Waals surface area contributed by atoms with Gasteiger partial charge in [-0.25, -0.2) is 4.68 Å². The van der Waals surface area contributed by atoms with Crippen LogP contribution in [0.1, 0.15) is 55.6 Å². The molecule has 24 heavy (non-hydrogen) atoms. The second kappa shape index (κ2) is 9.63. The molecule has 0 saturated carbocycles. The molecule has 136 valence electrons. The number of hydrogen-bond acceptors (Lipinski definition) is 5. The SMILES string of the molecule is CCSC1CCCCN(C(=O)c2cn(C3CCNCC3)nn2)C1.Cl. The Morgan fingerprint density at radius 2 is 2.12 bits per heavy atom. The van der Waals surface area contributed by atoms with Crippen molar-refractivity contribution in [1.82, 2.24) is 25.2 Å². The lowest BCUT2D eigenvalue weighted by Crippen LogP contribution is -2.36. The second-order valence-corrected chi connectivity index (χ2v) is 7.97. The van der Waals surface area contributed by atoms with Crippen molar-refractivity contribution in [2.24, 2.45) is 0 Å². The number of nitrogens with one attached hydrogen (secondary N) is 1. The highest BCUT2D eigenvalue weighted by Crippen LogP contribution is 2.23. The molecule has 2 fully saturated rings. The Hall–Kier alpha value is -0.790. The fourth-order valence-electron chi connectivity index (χ4n) is 3.45. The third-order valence-corrected chi connectivity index (χ3v) is 5.92. The lowest BCUT2D eigenvalue weighted by atomic mass is 10.1. The van der Waals surface area contributed by atoms with E-state index in [1.54, 1.807) is 0 Å². The number of halogens is 1. The minimum Gasteiger partial charge on any atom is -0.336 e. The van der Waals surface area contributed by atoms with E-state index in [4.69, 9.17) is 0 Å². The molecule has 2 saturated heterocycles. The van der Waals surface area contributed by atoms with Crippen molar-refractivity contribution < 1.29 is 4.79 Å².